The van der Waals surface area contributed by atoms with Crippen LogP contribution in [0.1, 0.15) is 38.5 Å². The molecule has 0 spiro atoms. The number of nitrogens with two attached hydrogens (primary N) is 1. The van der Waals surface area contributed by atoms with Crippen molar-refractivity contribution in [2.75, 3.05) is 11.9 Å². The lowest BCUT2D eigenvalue weighted by Gasteiger charge is -2.35. The molecule has 3 N–H and O–H groups in total. The second kappa shape index (κ2) is 6.01. The smallest absolute Gasteiger partial charge is 0.224 e. The minimum absolute atomic E-state index is 0.0388. The second-order valence-electron chi connectivity index (χ2n) is 5.36. The Labute approximate surface area is 109 Å². The topological polar surface area (TPSA) is 55.1 Å². The molecule has 0 radical (unpaired) electrons. The van der Waals surface area contributed by atoms with Gasteiger partial charge in [-0.05, 0) is 36.9 Å². The first-order chi connectivity index (χ1) is 8.74. The molecular weight excluding hydrogens is 224 g/mol. The van der Waals surface area contributed by atoms with Crippen LogP contribution >= 0.6 is 0 Å². The average molecular weight is 246 g/mol. The summed E-state index contributed by atoms with van der Waals surface area (Å²) in [5, 5.41) is 2.95. The van der Waals surface area contributed by atoms with Gasteiger partial charge >= 0.3 is 0 Å². The standard InChI is InChI=1S/C15H22N2O/c16-12-15(9-5-2-6-10-15)11-14(18)17-13-7-3-1-4-8-13/h1,3-4,7-8H,2,5-6,9-12,16H2,(H,17,18). The van der Waals surface area contributed by atoms with Crippen molar-refractivity contribution in [3.8, 4) is 0 Å². The lowest BCUT2D eigenvalue weighted by molar-refractivity contribution is -0.118. The van der Waals surface area contributed by atoms with Crippen LogP contribution in [0.3, 0.4) is 0 Å². The molecule has 0 atom stereocenters. The zero-order chi connectivity index (χ0) is 12.8. The molecule has 0 bridgehead atoms. The summed E-state index contributed by atoms with van der Waals surface area (Å²) in [6, 6.07) is 9.61. The molecule has 1 saturated carbocycles. The summed E-state index contributed by atoms with van der Waals surface area (Å²) in [5.41, 5.74) is 6.80. The summed E-state index contributed by atoms with van der Waals surface area (Å²) in [6.45, 7) is 0.620. The van der Waals surface area contributed by atoms with Crippen LogP contribution in [0.2, 0.25) is 0 Å². The van der Waals surface area contributed by atoms with Gasteiger partial charge in [0.15, 0.2) is 0 Å². The Morgan fingerprint density at radius 2 is 1.83 bits per heavy atom. The van der Waals surface area contributed by atoms with Gasteiger partial charge < -0.3 is 11.1 Å². The maximum atomic E-state index is 12.1. The first-order valence-corrected chi connectivity index (χ1v) is 6.79. The average Bonchev–Trinajstić information content (AvgIpc) is 2.41. The number of anilines is 1. The Morgan fingerprint density at radius 1 is 1.17 bits per heavy atom. The SMILES string of the molecule is NCC1(CC(=O)Nc2ccccc2)CCCCC1. The molecule has 0 unspecified atom stereocenters. The van der Waals surface area contributed by atoms with Gasteiger partial charge in [0.1, 0.15) is 0 Å². The molecule has 0 aromatic heterocycles. The summed E-state index contributed by atoms with van der Waals surface area (Å²) in [6.07, 6.45) is 6.42. The molecule has 1 aromatic carbocycles. The molecule has 1 fully saturated rings. The van der Waals surface area contributed by atoms with Crippen LogP contribution in [0, 0.1) is 5.41 Å². The van der Waals surface area contributed by atoms with Gasteiger partial charge in [-0.3, -0.25) is 4.79 Å². The van der Waals surface area contributed by atoms with Gasteiger partial charge in [-0.15, -0.1) is 0 Å². The van der Waals surface area contributed by atoms with Gasteiger partial charge in [-0.25, -0.2) is 0 Å². The highest BCUT2D eigenvalue weighted by Gasteiger charge is 2.32. The molecule has 3 heteroatoms. The fourth-order valence-electron chi connectivity index (χ4n) is 2.82. The van der Waals surface area contributed by atoms with Crippen molar-refractivity contribution in [3.05, 3.63) is 30.3 Å². The molecular formula is C15H22N2O. The number of hydrogen-bond acceptors (Lipinski definition) is 2. The fourth-order valence-corrected chi connectivity index (χ4v) is 2.82. The van der Waals surface area contributed by atoms with E-state index >= 15 is 0 Å². The number of nitrogens with one attached hydrogen (secondary N) is 1. The number of rotatable bonds is 4. The van der Waals surface area contributed by atoms with E-state index in [1.807, 2.05) is 30.3 Å². The van der Waals surface area contributed by atoms with E-state index in [0.29, 0.717) is 13.0 Å². The van der Waals surface area contributed by atoms with Crippen molar-refractivity contribution in [1.29, 1.82) is 0 Å². The molecule has 0 heterocycles. The molecule has 1 amide bonds. The van der Waals surface area contributed by atoms with Crippen LogP contribution < -0.4 is 11.1 Å². The van der Waals surface area contributed by atoms with E-state index < -0.39 is 0 Å². The van der Waals surface area contributed by atoms with Gasteiger partial charge in [-0.2, -0.15) is 0 Å². The van der Waals surface area contributed by atoms with Gasteiger partial charge in [0.2, 0.25) is 5.91 Å². The highest BCUT2D eigenvalue weighted by molar-refractivity contribution is 5.91. The number of carbonyl (C=O) groups is 1. The second-order valence-corrected chi connectivity index (χ2v) is 5.36. The third-order valence-electron chi connectivity index (χ3n) is 3.94. The lowest BCUT2D eigenvalue weighted by atomic mass is 9.71. The van der Waals surface area contributed by atoms with Gasteiger partial charge in [-0.1, -0.05) is 37.5 Å². The van der Waals surface area contributed by atoms with E-state index in [9.17, 15) is 4.79 Å². The Balaban J connectivity index is 1.93. The van der Waals surface area contributed by atoms with Gasteiger partial charge in [0.25, 0.3) is 0 Å². The van der Waals surface area contributed by atoms with Crippen LogP contribution in [0.5, 0.6) is 0 Å². The minimum atomic E-state index is 0.0388. The van der Waals surface area contributed by atoms with E-state index in [4.69, 9.17) is 5.73 Å². The Morgan fingerprint density at radius 3 is 2.44 bits per heavy atom. The number of benzene rings is 1. The van der Waals surface area contributed by atoms with Crippen LogP contribution in [0.25, 0.3) is 0 Å². The molecule has 0 aliphatic heterocycles. The van der Waals surface area contributed by atoms with Crippen molar-refractivity contribution in [2.24, 2.45) is 11.1 Å². The Hall–Kier alpha value is -1.35. The number of amides is 1. The molecule has 3 nitrogen and oxygen atoms in total. The molecule has 1 aliphatic rings. The maximum Gasteiger partial charge on any atom is 0.224 e. The normalized spacial score (nSPS) is 18.3. The quantitative estimate of drug-likeness (QED) is 0.858. The van der Waals surface area contributed by atoms with Crippen molar-refractivity contribution in [3.63, 3.8) is 0 Å². The monoisotopic (exact) mass is 246 g/mol. The third kappa shape index (κ3) is 3.33. The molecule has 0 saturated heterocycles. The van der Waals surface area contributed by atoms with Gasteiger partial charge in [0, 0.05) is 12.1 Å². The summed E-state index contributed by atoms with van der Waals surface area (Å²) in [5.74, 6) is 0.0913. The van der Waals surface area contributed by atoms with E-state index in [-0.39, 0.29) is 11.3 Å². The van der Waals surface area contributed by atoms with Crippen LogP contribution in [-0.2, 0) is 4.79 Å². The fraction of sp³-hybridized carbons (Fsp3) is 0.533. The van der Waals surface area contributed by atoms with Crippen molar-refractivity contribution >= 4 is 11.6 Å². The highest BCUT2D eigenvalue weighted by atomic mass is 16.1. The predicted molar refractivity (Wildman–Crippen MR) is 74.3 cm³/mol. The molecule has 98 valence electrons. The molecule has 2 rings (SSSR count). The number of para-hydroxylation sites is 1. The molecule has 1 aliphatic carbocycles. The summed E-state index contributed by atoms with van der Waals surface area (Å²) >= 11 is 0. The third-order valence-corrected chi connectivity index (χ3v) is 3.94. The van der Waals surface area contributed by atoms with Crippen molar-refractivity contribution in [1.82, 2.24) is 0 Å². The van der Waals surface area contributed by atoms with E-state index in [1.54, 1.807) is 0 Å². The minimum Gasteiger partial charge on any atom is -0.330 e. The zero-order valence-electron chi connectivity index (χ0n) is 10.8. The molecule has 18 heavy (non-hydrogen) atoms. The summed E-state index contributed by atoms with van der Waals surface area (Å²) in [7, 11) is 0. The summed E-state index contributed by atoms with van der Waals surface area (Å²) < 4.78 is 0. The first kappa shape index (κ1) is 13.1. The molecule has 1 aromatic rings. The van der Waals surface area contributed by atoms with Gasteiger partial charge in [0.05, 0.1) is 0 Å². The van der Waals surface area contributed by atoms with E-state index in [2.05, 4.69) is 5.32 Å². The highest BCUT2D eigenvalue weighted by Crippen LogP contribution is 2.38. The van der Waals surface area contributed by atoms with Crippen LogP contribution in [-0.4, -0.2) is 12.5 Å². The maximum absolute atomic E-state index is 12.1. The number of hydrogen-bond donors (Lipinski definition) is 2. The Kier molecular flexibility index (Phi) is 4.37. The van der Waals surface area contributed by atoms with Crippen LogP contribution in [0.15, 0.2) is 30.3 Å². The van der Waals surface area contributed by atoms with E-state index in [0.717, 1.165) is 18.5 Å². The van der Waals surface area contributed by atoms with Crippen molar-refractivity contribution in [2.45, 2.75) is 38.5 Å². The Bertz CT molecular complexity index is 383. The van der Waals surface area contributed by atoms with Crippen molar-refractivity contribution < 1.29 is 4.79 Å². The first-order valence-electron chi connectivity index (χ1n) is 6.79. The predicted octanol–water partition coefficient (Wildman–Crippen LogP) is 2.92. The van der Waals surface area contributed by atoms with Crippen LogP contribution in [0.4, 0.5) is 5.69 Å². The largest absolute Gasteiger partial charge is 0.330 e. The summed E-state index contributed by atoms with van der Waals surface area (Å²) in [4.78, 5) is 12.1. The lowest BCUT2D eigenvalue weighted by Crippen LogP contribution is -2.36. The number of carbonyl (C=O) groups excluding carboxylic acids is 1. The van der Waals surface area contributed by atoms with E-state index in [1.165, 1.54) is 19.3 Å². The zero-order valence-corrected chi connectivity index (χ0v) is 10.8.